The van der Waals surface area contributed by atoms with E-state index in [4.69, 9.17) is 4.74 Å². The molecule has 0 unspecified atom stereocenters. The van der Waals surface area contributed by atoms with Crippen molar-refractivity contribution in [1.82, 2.24) is 24.4 Å². The molecule has 0 N–H and O–H groups in total. The molecule has 0 bridgehead atoms. The van der Waals surface area contributed by atoms with E-state index in [-0.39, 0.29) is 5.91 Å². The Hall–Kier alpha value is -2.16. The van der Waals surface area contributed by atoms with E-state index in [9.17, 15) is 4.79 Å². The van der Waals surface area contributed by atoms with Gasteiger partial charge in [0.15, 0.2) is 0 Å². The van der Waals surface area contributed by atoms with E-state index in [0.29, 0.717) is 23.4 Å². The molecule has 0 aliphatic carbocycles. The number of imidazole rings is 1. The molecule has 1 aliphatic heterocycles. The van der Waals surface area contributed by atoms with E-state index in [0.717, 1.165) is 36.9 Å². The summed E-state index contributed by atoms with van der Waals surface area (Å²) < 4.78 is 7.77. The van der Waals surface area contributed by atoms with Crippen LogP contribution in [0.25, 0.3) is 0 Å². The third-order valence-corrected chi connectivity index (χ3v) is 5.14. The second-order valence-electron chi connectivity index (χ2n) is 6.57. The molecule has 1 saturated heterocycles. The molecule has 3 heterocycles. The molecule has 8 nitrogen and oxygen atoms in total. The number of carbonyl (C=O) groups is 1. The topological polar surface area (TPSA) is 76.4 Å². The van der Waals surface area contributed by atoms with Gasteiger partial charge in [0.1, 0.15) is 5.69 Å². The van der Waals surface area contributed by atoms with Gasteiger partial charge >= 0.3 is 0 Å². The van der Waals surface area contributed by atoms with Crippen molar-refractivity contribution in [3.8, 4) is 5.88 Å². The van der Waals surface area contributed by atoms with Crippen LogP contribution in [0.5, 0.6) is 5.88 Å². The van der Waals surface area contributed by atoms with Crippen LogP contribution >= 0.6 is 15.9 Å². The molecule has 1 fully saturated rings. The fraction of sp³-hybridized carbons (Fsp3) is 0.529. The monoisotopic (exact) mass is 422 g/mol. The number of hydrogen-bond donors (Lipinski definition) is 0. The van der Waals surface area contributed by atoms with E-state index in [2.05, 4.69) is 35.8 Å². The number of ether oxygens (including phenoxy) is 1. The number of halogens is 1. The lowest BCUT2D eigenvalue weighted by atomic mass is 9.96. The first kappa shape index (κ1) is 18.6. The summed E-state index contributed by atoms with van der Waals surface area (Å²) in [6.07, 6.45) is 7.08. The summed E-state index contributed by atoms with van der Waals surface area (Å²) in [6.45, 7) is 2.45. The normalized spacial score (nSPS) is 15.2. The highest BCUT2D eigenvalue weighted by Gasteiger charge is 2.25. The van der Waals surface area contributed by atoms with Crippen LogP contribution in [0.15, 0.2) is 23.2 Å². The van der Waals surface area contributed by atoms with Crippen LogP contribution in [-0.2, 0) is 7.05 Å². The number of aryl methyl sites for hydroxylation is 1. The number of hydrogen-bond acceptors (Lipinski definition) is 6. The number of piperidine rings is 1. The van der Waals surface area contributed by atoms with Gasteiger partial charge in [-0.05, 0) is 34.7 Å². The van der Waals surface area contributed by atoms with Gasteiger partial charge in [-0.2, -0.15) is 4.98 Å². The molecule has 2 aromatic rings. The van der Waals surface area contributed by atoms with Crippen molar-refractivity contribution in [2.24, 2.45) is 13.0 Å². The molecule has 3 rings (SSSR count). The third-order valence-electron chi connectivity index (χ3n) is 4.59. The summed E-state index contributed by atoms with van der Waals surface area (Å²) in [5.74, 6) is 1.65. The number of amides is 1. The fourth-order valence-electron chi connectivity index (χ4n) is 3.14. The number of rotatable bonds is 5. The van der Waals surface area contributed by atoms with Gasteiger partial charge in [-0.15, -0.1) is 0 Å². The van der Waals surface area contributed by atoms with Crippen molar-refractivity contribution in [2.75, 3.05) is 38.7 Å². The summed E-state index contributed by atoms with van der Waals surface area (Å²) in [5.41, 5.74) is 0.489. The van der Waals surface area contributed by atoms with E-state index >= 15 is 0 Å². The Morgan fingerprint density at radius 2 is 2.12 bits per heavy atom. The van der Waals surface area contributed by atoms with Gasteiger partial charge in [0, 0.05) is 39.9 Å². The molecule has 9 heteroatoms. The van der Waals surface area contributed by atoms with Crippen LogP contribution < -0.4 is 9.64 Å². The van der Waals surface area contributed by atoms with Gasteiger partial charge in [0.05, 0.1) is 24.1 Å². The molecule has 1 amide bonds. The molecule has 0 aromatic carbocycles. The van der Waals surface area contributed by atoms with Crippen LogP contribution in [0.3, 0.4) is 0 Å². The van der Waals surface area contributed by atoms with Gasteiger partial charge in [-0.3, -0.25) is 4.79 Å². The Labute approximate surface area is 161 Å². The van der Waals surface area contributed by atoms with Gasteiger partial charge < -0.3 is 19.1 Å². The van der Waals surface area contributed by atoms with Gasteiger partial charge in [0.25, 0.3) is 5.91 Å². The molecule has 1 aliphatic rings. The molecule has 0 spiro atoms. The maximum Gasteiger partial charge on any atom is 0.273 e. The van der Waals surface area contributed by atoms with E-state index < -0.39 is 0 Å². The number of carbonyl (C=O) groups excluding carboxylic acids is 1. The average molecular weight is 423 g/mol. The van der Waals surface area contributed by atoms with Crippen LogP contribution in [0.4, 0.5) is 5.95 Å². The fourth-order valence-corrected chi connectivity index (χ4v) is 3.50. The largest absolute Gasteiger partial charge is 0.480 e. The summed E-state index contributed by atoms with van der Waals surface area (Å²) in [7, 11) is 5.29. The first-order chi connectivity index (χ1) is 12.5. The van der Waals surface area contributed by atoms with E-state index in [1.165, 1.54) is 0 Å². The zero-order valence-electron chi connectivity index (χ0n) is 15.2. The van der Waals surface area contributed by atoms with Crippen molar-refractivity contribution in [1.29, 1.82) is 0 Å². The predicted octanol–water partition coefficient (Wildman–Crippen LogP) is 1.97. The lowest BCUT2D eigenvalue weighted by Crippen LogP contribution is -2.40. The molecular weight excluding hydrogens is 400 g/mol. The Morgan fingerprint density at radius 3 is 2.73 bits per heavy atom. The van der Waals surface area contributed by atoms with Crippen molar-refractivity contribution < 1.29 is 9.53 Å². The smallest absolute Gasteiger partial charge is 0.273 e. The zero-order chi connectivity index (χ0) is 18.7. The molecule has 26 heavy (non-hydrogen) atoms. The molecule has 140 valence electrons. The molecular formula is C17H23BrN6O2. The molecule has 2 aromatic heterocycles. The van der Waals surface area contributed by atoms with Crippen LogP contribution in [0.2, 0.25) is 0 Å². The van der Waals surface area contributed by atoms with Crippen LogP contribution in [0.1, 0.15) is 23.3 Å². The highest BCUT2D eigenvalue weighted by molar-refractivity contribution is 9.10. The van der Waals surface area contributed by atoms with Crippen molar-refractivity contribution in [3.05, 3.63) is 28.9 Å². The van der Waals surface area contributed by atoms with Crippen molar-refractivity contribution in [3.63, 3.8) is 0 Å². The lowest BCUT2D eigenvalue weighted by Gasteiger charge is -2.33. The summed E-state index contributed by atoms with van der Waals surface area (Å²) in [6, 6.07) is 0. The van der Waals surface area contributed by atoms with Crippen LogP contribution in [-0.4, -0.2) is 64.1 Å². The minimum absolute atomic E-state index is 0.0333. The number of anilines is 1. The highest BCUT2D eigenvalue weighted by Crippen LogP contribution is 2.26. The predicted molar refractivity (Wildman–Crippen MR) is 101 cm³/mol. The standard InChI is InChI=1S/C17H23BrN6O2/c1-22-10-14(20-11-22)16(25)23(2)9-12-4-6-24(7-5-12)17-19-8-13(18)15(21-17)26-3/h8,10-12H,4-7,9H2,1-3H3. The lowest BCUT2D eigenvalue weighted by molar-refractivity contribution is 0.0759. The number of aromatic nitrogens is 4. The minimum atomic E-state index is -0.0333. The van der Waals surface area contributed by atoms with Crippen molar-refractivity contribution >= 4 is 27.8 Å². The third kappa shape index (κ3) is 4.14. The Kier molecular flexibility index (Phi) is 5.75. The van der Waals surface area contributed by atoms with Gasteiger partial charge in [-0.1, -0.05) is 0 Å². The van der Waals surface area contributed by atoms with Gasteiger partial charge in [-0.25, -0.2) is 9.97 Å². The van der Waals surface area contributed by atoms with Crippen molar-refractivity contribution in [2.45, 2.75) is 12.8 Å². The zero-order valence-corrected chi connectivity index (χ0v) is 16.8. The Morgan fingerprint density at radius 1 is 1.38 bits per heavy atom. The van der Waals surface area contributed by atoms with E-state index in [1.54, 1.807) is 35.3 Å². The first-order valence-electron chi connectivity index (χ1n) is 8.53. The quantitative estimate of drug-likeness (QED) is 0.732. The summed E-state index contributed by atoms with van der Waals surface area (Å²) in [5, 5.41) is 0. The van der Waals surface area contributed by atoms with Gasteiger partial charge in [0.2, 0.25) is 11.8 Å². The first-order valence-corrected chi connectivity index (χ1v) is 9.32. The maximum atomic E-state index is 12.4. The Bertz CT molecular complexity index is 772. The molecule has 0 radical (unpaired) electrons. The number of nitrogens with zero attached hydrogens (tertiary/aromatic N) is 6. The Balaban J connectivity index is 1.54. The SMILES string of the molecule is COc1nc(N2CCC(CN(C)C(=O)c3cn(C)cn3)CC2)ncc1Br. The molecule has 0 atom stereocenters. The highest BCUT2D eigenvalue weighted by atomic mass is 79.9. The molecule has 0 saturated carbocycles. The van der Waals surface area contributed by atoms with E-state index in [1.807, 2.05) is 14.1 Å². The summed E-state index contributed by atoms with van der Waals surface area (Å²) in [4.78, 5) is 29.3. The number of methoxy groups -OCH3 is 1. The second kappa shape index (κ2) is 8.03. The maximum absolute atomic E-state index is 12.4. The van der Waals surface area contributed by atoms with Crippen LogP contribution in [0, 0.1) is 5.92 Å². The average Bonchev–Trinajstić information content (AvgIpc) is 3.08. The minimum Gasteiger partial charge on any atom is -0.480 e. The second-order valence-corrected chi connectivity index (χ2v) is 7.42. The summed E-state index contributed by atoms with van der Waals surface area (Å²) >= 11 is 3.37.